The minimum absolute atomic E-state index is 0.00388. The molecular weight excluding hydrogens is 541 g/mol. The first-order valence-electron chi connectivity index (χ1n) is 11.9. The minimum Gasteiger partial charge on any atom is -0.481 e. The Morgan fingerprint density at radius 3 is 2.00 bits per heavy atom. The number of carboxylic acid groups (broad SMARTS) is 1. The third kappa shape index (κ3) is 6.77. The van der Waals surface area contributed by atoms with Crippen molar-refractivity contribution in [2.45, 2.75) is 57.3 Å². The van der Waals surface area contributed by atoms with Gasteiger partial charge in [-0.05, 0) is 80.1 Å². The van der Waals surface area contributed by atoms with E-state index in [-0.39, 0.29) is 31.4 Å². The summed E-state index contributed by atoms with van der Waals surface area (Å²) in [6.07, 6.45) is -12.8. The second-order valence-corrected chi connectivity index (χ2v) is 9.91. The van der Waals surface area contributed by atoms with Crippen LogP contribution in [-0.4, -0.2) is 22.5 Å². The van der Waals surface area contributed by atoms with Crippen molar-refractivity contribution in [1.82, 2.24) is 4.90 Å². The Morgan fingerprint density at radius 1 is 0.949 bits per heavy atom. The molecule has 214 valence electrons. The molecule has 0 aliphatic carbocycles. The average Bonchev–Trinajstić information content (AvgIpc) is 2.82. The number of likely N-dealkylation sites (tertiary alicyclic amines) is 1. The van der Waals surface area contributed by atoms with Crippen LogP contribution in [0.5, 0.6) is 0 Å². The lowest BCUT2D eigenvalue weighted by Gasteiger charge is -2.45. The summed E-state index contributed by atoms with van der Waals surface area (Å²) in [5.74, 6) is -1.68. The van der Waals surface area contributed by atoms with Gasteiger partial charge < -0.3 is 5.11 Å². The first-order valence-corrected chi connectivity index (χ1v) is 11.9. The summed E-state index contributed by atoms with van der Waals surface area (Å²) in [7, 11) is 0. The first-order chi connectivity index (χ1) is 17.9. The fourth-order valence-corrected chi connectivity index (χ4v) is 5.15. The fraction of sp³-hybridized carbons (Fsp3) is 0.444. The largest absolute Gasteiger partial charge is 0.481 e. The molecule has 1 fully saturated rings. The molecule has 0 aromatic heterocycles. The van der Waals surface area contributed by atoms with Gasteiger partial charge in [-0.25, -0.2) is 0 Å². The number of nitrogens with zero attached hydrogens (tertiary/aromatic N) is 1. The van der Waals surface area contributed by atoms with E-state index in [0.717, 1.165) is 24.3 Å². The van der Waals surface area contributed by atoms with Gasteiger partial charge in [-0.3, -0.25) is 9.69 Å². The second-order valence-electron chi connectivity index (χ2n) is 9.91. The third-order valence-electron chi connectivity index (χ3n) is 7.41. The van der Waals surface area contributed by atoms with Crippen LogP contribution < -0.4 is 0 Å². The molecule has 0 unspecified atom stereocenters. The molecule has 0 amide bonds. The van der Waals surface area contributed by atoms with Crippen LogP contribution in [0.25, 0.3) is 0 Å². The Bertz CT molecular complexity index is 1190. The topological polar surface area (TPSA) is 40.5 Å². The lowest BCUT2D eigenvalue weighted by Crippen LogP contribution is -2.44. The number of piperidine rings is 1. The molecule has 1 saturated heterocycles. The molecule has 1 heterocycles. The van der Waals surface area contributed by atoms with Crippen molar-refractivity contribution in [1.29, 1.82) is 0 Å². The van der Waals surface area contributed by atoms with Gasteiger partial charge in [-0.15, -0.1) is 6.58 Å². The Hall–Kier alpha value is -3.02. The molecule has 3 nitrogen and oxygen atoms in total. The standard InChI is InChI=1S/C27H26F9NO2/c1-3-11-24(2,23(38)39)19-10-12-37(22(14-19)16-4-6-18(7-5-16)25(28,29)30)15-17-13-20(26(31,32)33)8-9-21(17)27(34,35)36/h3-9,13,19,22H,1,10-12,14-15H2,2H3,(H,38,39)/t19-,22+,24-/m0/s1. The van der Waals surface area contributed by atoms with Crippen LogP contribution in [-0.2, 0) is 29.9 Å². The highest BCUT2D eigenvalue weighted by atomic mass is 19.4. The molecule has 0 spiro atoms. The number of aliphatic carboxylic acids is 1. The van der Waals surface area contributed by atoms with Crippen LogP contribution in [0.3, 0.4) is 0 Å². The molecule has 3 atom stereocenters. The minimum atomic E-state index is -4.95. The van der Waals surface area contributed by atoms with E-state index in [1.54, 1.807) is 0 Å². The van der Waals surface area contributed by atoms with Gasteiger partial charge in [0, 0.05) is 12.6 Å². The highest BCUT2D eigenvalue weighted by Crippen LogP contribution is 2.46. The Labute approximate surface area is 218 Å². The molecule has 3 rings (SSSR count). The van der Waals surface area contributed by atoms with Gasteiger partial charge >= 0.3 is 24.5 Å². The molecule has 0 saturated carbocycles. The Morgan fingerprint density at radius 2 is 1.51 bits per heavy atom. The number of carboxylic acids is 1. The summed E-state index contributed by atoms with van der Waals surface area (Å²) in [5.41, 5.74) is -5.16. The zero-order valence-corrected chi connectivity index (χ0v) is 20.7. The van der Waals surface area contributed by atoms with Gasteiger partial charge in [0.25, 0.3) is 0 Å². The smallest absolute Gasteiger partial charge is 0.416 e. The van der Waals surface area contributed by atoms with Crippen molar-refractivity contribution >= 4 is 5.97 Å². The summed E-state index contributed by atoms with van der Waals surface area (Å²) < 4.78 is 121. The number of alkyl halides is 9. The monoisotopic (exact) mass is 567 g/mol. The van der Waals surface area contributed by atoms with Gasteiger partial charge in [0.05, 0.1) is 22.1 Å². The summed E-state index contributed by atoms with van der Waals surface area (Å²) in [5, 5.41) is 9.91. The van der Waals surface area contributed by atoms with Gasteiger partial charge in [-0.2, -0.15) is 39.5 Å². The second kappa shape index (κ2) is 10.9. The van der Waals surface area contributed by atoms with E-state index in [2.05, 4.69) is 6.58 Å². The SMILES string of the molecule is C=CC[C@](C)(C(=O)O)[C@H]1CCN(Cc2cc(C(F)(F)F)ccc2C(F)(F)F)[C@@H](c2ccc(C(F)(F)F)cc2)C1. The number of carbonyl (C=O) groups is 1. The molecule has 2 aromatic carbocycles. The molecule has 12 heteroatoms. The molecule has 2 aromatic rings. The van der Waals surface area contributed by atoms with Crippen LogP contribution >= 0.6 is 0 Å². The van der Waals surface area contributed by atoms with Crippen LogP contribution in [0.2, 0.25) is 0 Å². The zero-order valence-electron chi connectivity index (χ0n) is 20.7. The highest BCUT2D eigenvalue weighted by Gasteiger charge is 2.45. The van der Waals surface area contributed by atoms with E-state index in [4.69, 9.17) is 0 Å². The van der Waals surface area contributed by atoms with Crippen molar-refractivity contribution < 1.29 is 49.4 Å². The predicted molar refractivity (Wildman–Crippen MR) is 124 cm³/mol. The highest BCUT2D eigenvalue weighted by molar-refractivity contribution is 5.74. The molecule has 1 aliphatic rings. The van der Waals surface area contributed by atoms with Gasteiger partial charge in [0.15, 0.2) is 0 Å². The Balaban J connectivity index is 2.07. The van der Waals surface area contributed by atoms with Crippen LogP contribution in [0, 0.1) is 11.3 Å². The van der Waals surface area contributed by atoms with Crippen molar-refractivity contribution in [3.63, 3.8) is 0 Å². The molecule has 1 aliphatic heterocycles. The van der Waals surface area contributed by atoms with Gasteiger partial charge in [0.1, 0.15) is 0 Å². The van der Waals surface area contributed by atoms with E-state index in [0.29, 0.717) is 18.2 Å². The maximum atomic E-state index is 13.7. The van der Waals surface area contributed by atoms with E-state index in [1.165, 1.54) is 17.9 Å². The fourth-order valence-electron chi connectivity index (χ4n) is 5.15. The van der Waals surface area contributed by atoms with Crippen molar-refractivity contribution in [2.75, 3.05) is 6.54 Å². The summed E-state index contributed by atoms with van der Waals surface area (Å²) in [6.45, 7) is 4.50. The van der Waals surface area contributed by atoms with Crippen LogP contribution in [0.1, 0.15) is 60.0 Å². The van der Waals surface area contributed by atoms with Crippen molar-refractivity contribution in [2.24, 2.45) is 11.3 Å². The first kappa shape index (κ1) is 30.5. The Kier molecular flexibility index (Phi) is 8.50. The van der Waals surface area contributed by atoms with E-state index < -0.39 is 70.7 Å². The quantitative estimate of drug-likeness (QED) is 0.270. The number of hydrogen-bond donors (Lipinski definition) is 1. The number of halogens is 9. The molecule has 0 radical (unpaired) electrons. The van der Waals surface area contributed by atoms with E-state index in [1.807, 2.05) is 0 Å². The molecule has 1 N–H and O–H groups in total. The molecule has 0 bridgehead atoms. The predicted octanol–water partition coefficient (Wildman–Crippen LogP) is 8.36. The maximum Gasteiger partial charge on any atom is 0.416 e. The normalized spacial score (nSPS) is 20.9. The summed E-state index contributed by atoms with van der Waals surface area (Å²) in [4.78, 5) is 13.6. The lowest BCUT2D eigenvalue weighted by atomic mass is 9.68. The number of allylic oxidation sites excluding steroid dienone is 1. The lowest BCUT2D eigenvalue weighted by molar-refractivity contribution is -0.153. The number of rotatable bonds is 7. The van der Waals surface area contributed by atoms with Crippen molar-refractivity contribution in [3.05, 3.63) is 82.9 Å². The number of hydrogen-bond acceptors (Lipinski definition) is 2. The van der Waals surface area contributed by atoms with Crippen molar-refractivity contribution in [3.8, 4) is 0 Å². The molecular formula is C27H26F9NO2. The van der Waals surface area contributed by atoms with E-state index >= 15 is 0 Å². The molecule has 39 heavy (non-hydrogen) atoms. The zero-order chi connectivity index (χ0) is 29.4. The van der Waals surface area contributed by atoms with Gasteiger partial charge in [0.2, 0.25) is 0 Å². The number of benzene rings is 2. The summed E-state index contributed by atoms with van der Waals surface area (Å²) in [6, 6.07) is 4.22. The van der Waals surface area contributed by atoms with Gasteiger partial charge in [-0.1, -0.05) is 18.2 Å². The summed E-state index contributed by atoms with van der Waals surface area (Å²) >= 11 is 0. The van der Waals surface area contributed by atoms with Crippen LogP contribution in [0.4, 0.5) is 39.5 Å². The van der Waals surface area contributed by atoms with Crippen LogP contribution in [0.15, 0.2) is 55.1 Å². The third-order valence-corrected chi connectivity index (χ3v) is 7.41. The average molecular weight is 567 g/mol. The maximum absolute atomic E-state index is 13.7. The van der Waals surface area contributed by atoms with E-state index in [9.17, 15) is 49.4 Å².